The van der Waals surface area contributed by atoms with Crippen LogP contribution in [0.5, 0.6) is 0 Å². The van der Waals surface area contributed by atoms with Crippen molar-refractivity contribution in [2.24, 2.45) is 0 Å². The molecule has 0 saturated carbocycles. The van der Waals surface area contributed by atoms with Crippen LogP contribution in [0.3, 0.4) is 0 Å². The Morgan fingerprint density at radius 3 is 1.76 bits per heavy atom. The molecule has 2 aliphatic carbocycles. The van der Waals surface area contributed by atoms with Gasteiger partial charge in [-0.25, -0.2) is 14.4 Å². The van der Waals surface area contributed by atoms with Crippen LogP contribution < -0.4 is 0 Å². The second-order valence-corrected chi connectivity index (χ2v) is 20.1. The van der Waals surface area contributed by atoms with Crippen molar-refractivity contribution in [3.05, 3.63) is 35.3 Å². The van der Waals surface area contributed by atoms with Gasteiger partial charge in [-0.1, -0.05) is 44.5 Å². The Morgan fingerprint density at radius 1 is 0.826 bits per heavy atom. The van der Waals surface area contributed by atoms with Gasteiger partial charge in [0.1, 0.15) is 28.6 Å². The number of aliphatic hydroxyl groups excluding tert-OH is 1. The Balaban J connectivity index is 3.13. The van der Waals surface area contributed by atoms with E-state index in [1.54, 1.807) is 62.3 Å². The highest BCUT2D eigenvalue weighted by Gasteiger charge is 2.54. The molecule has 2 atom stereocenters. The first kappa shape index (κ1) is 38.3. The summed E-state index contributed by atoms with van der Waals surface area (Å²) in [6.45, 7) is 23.9. The number of carbonyl (C=O) groups is 4. The summed E-state index contributed by atoms with van der Waals surface area (Å²) in [5, 5.41) is 11.0. The van der Waals surface area contributed by atoms with Crippen LogP contribution in [-0.4, -0.2) is 71.0 Å². The predicted molar refractivity (Wildman–Crippen MR) is 173 cm³/mol. The van der Waals surface area contributed by atoms with Gasteiger partial charge in [-0.3, -0.25) is 4.79 Å². The van der Waals surface area contributed by atoms with Gasteiger partial charge in [-0.05, 0) is 92.6 Å². The van der Waals surface area contributed by atoms with E-state index < -0.39 is 83.0 Å². The average Bonchev–Trinajstić information content (AvgIpc) is 2.79. The smallest absolute Gasteiger partial charge is 0.443 e. The molecule has 0 fully saturated rings. The topological polar surface area (TPSA) is 138 Å². The molecular weight excluding hydrogens is 610 g/mol. The Kier molecular flexibility index (Phi) is 10.9. The lowest BCUT2D eigenvalue weighted by Gasteiger charge is -2.44. The Bertz CT molecular complexity index is 1460. The van der Waals surface area contributed by atoms with E-state index in [1.165, 1.54) is 12.2 Å². The van der Waals surface area contributed by atoms with Gasteiger partial charge < -0.3 is 28.5 Å². The van der Waals surface area contributed by atoms with Crippen LogP contribution in [0, 0.1) is 23.7 Å². The molecule has 0 aromatic rings. The highest BCUT2D eigenvalue weighted by molar-refractivity contribution is 6.74. The van der Waals surface area contributed by atoms with Crippen molar-refractivity contribution in [3.8, 4) is 23.7 Å². The van der Waals surface area contributed by atoms with Crippen molar-refractivity contribution >= 4 is 32.4 Å². The van der Waals surface area contributed by atoms with Gasteiger partial charge in [0.15, 0.2) is 14.1 Å². The quantitative estimate of drug-likeness (QED) is 0.154. The number of rotatable bonds is 4. The molecule has 12 heteroatoms. The fourth-order valence-corrected chi connectivity index (χ4v) is 5.05. The molecule has 2 aliphatic rings. The van der Waals surface area contributed by atoms with Crippen LogP contribution in [0.4, 0.5) is 14.4 Å². The van der Waals surface area contributed by atoms with Crippen molar-refractivity contribution in [2.75, 3.05) is 0 Å². The van der Waals surface area contributed by atoms with Crippen LogP contribution in [0.2, 0.25) is 18.1 Å². The maximum absolute atomic E-state index is 14.7. The van der Waals surface area contributed by atoms with Gasteiger partial charge in [0.05, 0.1) is 5.57 Å². The molecule has 0 aliphatic heterocycles. The molecule has 252 valence electrons. The van der Waals surface area contributed by atoms with Crippen LogP contribution >= 0.6 is 0 Å². The summed E-state index contributed by atoms with van der Waals surface area (Å²) in [6.07, 6.45) is -1.86. The van der Waals surface area contributed by atoms with Crippen molar-refractivity contribution in [1.82, 2.24) is 4.90 Å². The summed E-state index contributed by atoms with van der Waals surface area (Å²) >= 11 is 0. The fraction of sp³-hybridized carbons (Fsp3) is 0.588. The van der Waals surface area contributed by atoms with Crippen LogP contribution in [0.25, 0.3) is 0 Å². The number of ketones is 1. The number of ether oxygens (including phenoxy) is 4. The number of aliphatic hydroxyl groups is 1. The van der Waals surface area contributed by atoms with Crippen LogP contribution in [-0.2, 0) is 28.2 Å². The molecule has 2 rings (SSSR count). The number of hydrogen-bond acceptors (Lipinski definition) is 10. The third-order valence-electron chi connectivity index (χ3n) is 6.59. The van der Waals surface area contributed by atoms with Crippen molar-refractivity contribution in [3.63, 3.8) is 0 Å². The van der Waals surface area contributed by atoms with Gasteiger partial charge in [0.2, 0.25) is 11.4 Å². The van der Waals surface area contributed by atoms with Gasteiger partial charge in [0.25, 0.3) is 0 Å². The van der Waals surface area contributed by atoms with Gasteiger partial charge in [-0.2, -0.15) is 4.90 Å². The number of carbonyl (C=O) groups excluding carboxylic acids is 4. The molecule has 0 unspecified atom stereocenters. The minimum Gasteiger partial charge on any atom is -0.443 e. The average molecular weight is 658 g/mol. The first-order chi connectivity index (χ1) is 20.6. The molecule has 0 heterocycles. The maximum atomic E-state index is 14.7. The highest BCUT2D eigenvalue weighted by Crippen LogP contribution is 2.44. The number of fused-ring (bicyclic) bond motifs is 2. The molecule has 1 N–H and O–H groups in total. The number of nitrogens with zero attached hydrogens (tertiary/aromatic N) is 1. The Morgan fingerprint density at radius 2 is 1.30 bits per heavy atom. The molecule has 2 amide bonds. The molecule has 0 aromatic carbocycles. The predicted octanol–water partition coefficient (Wildman–Crippen LogP) is 6.53. The third kappa shape index (κ3) is 9.83. The van der Waals surface area contributed by atoms with E-state index in [4.69, 9.17) is 23.4 Å². The van der Waals surface area contributed by atoms with Crippen LogP contribution in [0.1, 0.15) is 83.1 Å². The number of amides is 2. The van der Waals surface area contributed by atoms with Gasteiger partial charge >= 0.3 is 18.3 Å². The molecule has 0 saturated heterocycles. The number of hydrogen-bond donors (Lipinski definition) is 1. The van der Waals surface area contributed by atoms with Crippen molar-refractivity contribution in [2.45, 2.75) is 130 Å². The zero-order valence-electron chi connectivity index (χ0n) is 29.4. The first-order valence-electron chi connectivity index (χ1n) is 14.9. The maximum Gasteiger partial charge on any atom is 0.514 e. The number of allylic oxidation sites excluding steroid dienone is 2. The molecule has 46 heavy (non-hydrogen) atoms. The molecule has 11 nitrogen and oxygen atoms in total. The van der Waals surface area contributed by atoms with Gasteiger partial charge in [0, 0.05) is 6.08 Å². The van der Waals surface area contributed by atoms with E-state index in [0.29, 0.717) is 4.90 Å². The summed E-state index contributed by atoms with van der Waals surface area (Å²) in [6, 6.07) is 0. The van der Waals surface area contributed by atoms with Crippen LogP contribution in [0.15, 0.2) is 35.3 Å². The highest BCUT2D eigenvalue weighted by atomic mass is 28.4. The van der Waals surface area contributed by atoms with Gasteiger partial charge in [-0.15, -0.1) is 0 Å². The lowest BCUT2D eigenvalue weighted by Crippen LogP contribution is -2.56. The van der Waals surface area contributed by atoms with E-state index in [-0.39, 0.29) is 0 Å². The minimum atomic E-state index is -2.88. The zero-order chi connectivity index (χ0) is 35.7. The molecule has 2 bridgehead atoms. The normalized spacial score (nSPS) is 21.0. The largest absolute Gasteiger partial charge is 0.514 e. The van der Waals surface area contributed by atoms with E-state index in [1.807, 2.05) is 33.9 Å². The lowest BCUT2D eigenvalue weighted by atomic mass is 9.83. The monoisotopic (exact) mass is 657 g/mol. The number of imide groups is 1. The number of Topliss-reactive ketones (excluding diaryl/α,β-unsaturated/α-hetero) is 1. The standard InChI is InChI=1S/C34H47NO10Si/c1-30(2,3)42-27(38)35(28(39)43-31(4,5)6)25-23(41-29(40)44-32(7,8)9)21-34(45-46(13,14)33(10,11)12)20-18-16-15-17-19-22(36)24(25)26(34)37/h15-16,21-22,36H,1-14H3/b16-15-/t22-,34-/m1/s1. The third-order valence-corrected chi connectivity index (χ3v) is 11.0. The molecule has 0 radical (unpaired) electrons. The molecule has 0 aromatic heterocycles. The second kappa shape index (κ2) is 13.1. The second-order valence-electron chi connectivity index (χ2n) is 15.4. The Labute approximate surface area is 273 Å². The SMILES string of the molecule is CC(C)(C)OC(=O)OC1=C[C@]2(O[Si](C)(C)C(C)(C)C)C#C/C=C\C#C[C@@H](O)C(=C1N(C(=O)OC(C)(C)C)C(=O)OC(C)(C)C)C2=O. The first-order valence-corrected chi connectivity index (χ1v) is 17.8. The van der Waals surface area contributed by atoms with E-state index >= 15 is 0 Å². The van der Waals surface area contributed by atoms with E-state index in [9.17, 15) is 24.3 Å². The summed E-state index contributed by atoms with van der Waals surface area (Å²) in [5.41, 5.74) is -6.66. The fourth-order valence-electron chi connectivity index (χ4n) is 3.74. The Hall–Kier alpha value is -3.84. The van der Waals surface area contributed by atoms with Crippen molar-refractivity contribution in [1.29, 1.82) is 0 Å². The van der Waals surface area contributed by atoms with E-state index in [2.05, 4.69) is 23.7 Å². The molecular formula is C34H47NO10Si. The summed E-state index contributed by atoms with van der Waals surface area (Å²) in [4.78, 5) is 55.9. The molecule has 0 spiro atoms. The minimum absolute atomic E-state index is 0.399. The summed E-state index contributed by atoms with van der Waals surface area (Å²) < 4.78 is 28.8. The summed E-state index contributed by atoms with van der Waals surface area (Å²) in [7, 11) is -2.88. The zero-order valence-corrected chi connectivity index (χ0v) is 30.4. The van der Waals surface area contributed by atoms with E-state index in [0.717, 1.165) is 6.08 Å². The lowest BCUT2D eigenvalue weighted by molar-refractivity contribution is -0.125. The summed E-state index contributed by atoms with van der Waals surface area (Å²) in [5.74, 6) is 9.23. The van der Waals surface area contributed by atoms with Crippen molar-refractivity contribution < 1.29 is 47.7 Å².